The van der Waals surface area contributed by atoms with Gasteiger partial charge < -0.3 is 4.57 Å². The van der Waals surface area contributed by atoms with Crippen LogP contribution in [-0.4, -0.2) is 14.5 Å². The van der Waals surface area contributed by atoms with E-state index in [0.29, 0.717) is 0 Å². The fourth-order valence-electron chi connectivity index (χ4n) is 6.38. The summed E-state index contributed by atoms with van der Waals surface area (Å²) in [5, 5.41) is 2.53. The first-order chi connectivity index (χ1) is 18.3. The van der Waals surface area contributed by atoms with Crippen LogP contribution < -0.4 is 0 Å². The summed E-state index contributed by atoms with van der Waals surface area (Å²) in [4.78, 5) is 9.49. The van der Waals surface area contributed by atoms with Crippen LogP contribution in [0.2, 0.25) is 0 Å². The molecule has 3 aromatic carbocycles. The van der Waals surface area contributed by atoms with Gasteiger partial charge in [0.2, 0.25) is 0 Å². The summed E-state index contributed by atoms with van der Waals surface area (Å²) in [6.45, 7) is 0. The highest BCUT2D eigenvalue weighted by Gasteiger charge is 2.37. The van der Waals surface area contributed by atoms with Crippen molar-refractivity contribution in [3.8, 4) is 16.9 Å². The highest BCUT2D eigenvalue weighted by molar-refractivity contribution is 6.10. The Bertz CT molecular complexity index is 1690. The molecule has 3 heteroatoms. The zero-order chi connectivity index (χ0) is 24.7. The third kappa shape index (κ3) is 3.65. The van der Waals surface area contributed by atoms with Crippen molar-refractivity contribution in [3.63, 3.8) is 0 Å². The second-order valence-electron chi connectivity index (χ2n) is 10.2. The molecule has 180 valence electrons. The first-order valence-corrected chi connectivity index (χ1v) is 13.3. The monoisotopic (exact) mass is 479 g/mol. The van der Waals surface area contributed by atoms with Crippen molar-refractivity contribution in [2.24, 2.45) is 0 Å². The fraction of sp³-hybridized carbons (Fsp3) is 0.176. The molecule has 3 nitrogen and oxygen atoms in total. The molecule has 7 rings (SSSR count). The molecule has 1 aliphatic carbocycles. The number of nitrogens with zero attached hydrogens (tertiary/aromatic N) is 3. The molecule has 0 radical (unpaired) electrons. The van der Waals surface area contributed by atoms with E-state index in [0.717, 1.165) is 24.1 Å². The maximum atomic E-state index is 4.87. The second kappa shape index (κ2) is 9.01. The quantitative estimate of drug-likeness (QED) is 0.254. The van der Waals surface area contributed by atoms with Crippen molar-refractivity contribution >= 4 is 21.8 Å². The van der Waals surface area contributed by atoms with Gasteiger partial charge in [0.05, 0.1) is 22.4 Å². The zero-order valence-corrected chi connectivity index (χ0v) is 20.8. The summed E-state index contributed by atoms with van der Waals surface area (Å²) in [6.07, 6.45) is 9.88. The molecule has 0 amide bonds. The van der Waals surface area contributed by atoms with Gasteiger partial charge in [-0.05, 0) is 66.9 Å². The summed E-state index contributed by atoms with van der Waals surface area (Å²) in [6, 6.07) is 37.1. The lowest BCUT2D eigenvalue weighted by Crippen LogP contribution is -2.31. The number of aromatic nitrogens is 3. The summed E-state index contributed by atoms with van der Waals surface area (Å²) < 4.78 is 2.43. The molecule has 0 aliphatic heterocycles. The van der Waals surface area contributed by atoms with Gasteiger partial charge in [-0.2, -0.15) is 0 Å². The highest BCUT2D eigenvalue weighted by atomic mass is 15.0. The molecule has 3 aromatic heterocycles. The molecule has 0 unspecified atom stereocenters. The molecule has 1 aliphatic rings. The largest absolute Gasteiger partial charge is 0.309 e. The van der Waals surface area contributed by atoms with Crippen molar-refractivity contribution in [2.75, 3.05) is 0 Å². The van der Waals surface area contributed by atoms with Crippen LogP contribution in [0.5, 0.6) is 0 Å². The Balaban J connectivity index is 1.46. The molecule has 37 heavy (non-hydrogen) atoms. The molecule has 6 aromatic rings. The van der Waals surface area contributed by atoms with Crippen molar-refractivity contribution in [1.82, 2.24) is 14.5 Å². The van der Waals surface area contributed by atoms with Crippen LogP contribution in [0.1, 0.15) is 43.4 Å². The molecular formula is C34H29N3. The predicted octanol–water partition coefficient (Wildman–Crippen LogP) is 8.49. The van der Waals surface area contributed by atoms with Gasteiger partial charge in [0.15, 0.2) is 0 Å². The first kappa shape index (κ1) is 22.0. The van der Waals surface area contributed by atoms with E-state index < -0.39 is 0 Å². The maximum Gasteiger partial charge on any atom is 0.0702 e. The standard InChI is InChI=1S/C34H29N3/c1-6-19-34(20-7-1,33-16-5-9-22-36-33)26-11-10-12-27(24-26)37-31-15-3-2-13-28(31)29-18-17-25(23-32(29)37)30-14-4-8-21-35-30/h2-5,8-18,21-24H,1,6-7,19-20H2. The average molecular weight is 480 g/mol. The Kier molecular flexibility index (Phi) is 5.35. The molecule has 1 saturated carbocycles. The average Bonchev–Trinajstić information content (AvgIpc) is 3.32. The van der Waals surface area contributed by atoms with Gasteiger partial charge >= 0.3 is 0 Å². The maximum absolute atomic E-state index is 4.87. The van der Waals surface area contributed by atoms with Gasteiger partial charge in [-0.25, -0.2) is 0 Å². The van der Waals surface area contributed by atoms with E-state index in [1.165, 1.54) is 58.0 Å². The highest BCUT2D eigenvalue weighted by Crippen LogP contribution is 2.45. The van der Waals surface area contributed by atoms with E-state index in [4.69, 9.17) is 4.98 Å². The molecular weight excluding hydrogens is 450 g/mol. The number of pyridine rings is 2. The van der Waals surface area contributed by atoms with Gasteiger partial charge in [0.1, 0.15) is 0 Å². The Hall–Kier alpha value is -4.24. The predicted molar refractivity (Wildman–Crippen MR) is 152 cm³/mol. The number of hydrogen-bond acceptors (Lipinski definition) is 2. The molecule has 0 saturated heterocycles. The number of fused-ring (bicyclic) bond motifs is 3. The van der Waals surface area contributed by atoms with Crippen LogP contribution in [0.3, 0.4) is 0 Å². The van der Waals surface area contributed by atoms with Gasteiger partial charge in [-0.3, -0.25) is 9.97 Å². The summed E-state index contributed by atoms with van der Waals surface area (Å²) in [5.74, 6) is 0. The molecule has 0 N–H and O–H groups in total. The topological polar surface area (TPSA) is 30.7 Å². The minimum Gasteiger partial charge on any atom is -0.309 e. The van der Waals surface area contributed by atoms with Gasteiger partial charge in [0.25, 0.3) is 0 Å². The number of rotatable bonds is 4. The Morgan fingerprint density at radius 1 is 0.595 bits per heavy atom. The molecule has 0 spiro atoms. The second-order valence-corrected chi connectivity index (χ2v) is 10.2. The Morgan fingerprint density at radius 3 is 2.19 bits per heavy atom. The van der Waals surface area contributed by atoms with Crippen molar-refractivity contribution in [2.45, 2.75) is 37.5 Å². The zero-order valence-electron chi connectivity index (χ0n) is 20.8. The number of para-hydroxylation sites is 1. The number of benzene rings is 3. The van der Waals surface area contributed by atoms with E-state index in [1.807, 2.05) is 30.6 Å². The minimum absolute atomic E-state index is 0.0343. The SMILES string of the molecule is c1ccc(-c2ccc3c4ccccc4n(-c4cccc(C5(c6ccccn6)CCCCC5)c4)c3c2)nc1. The lowest BCUT2D eigenvalue weighted by atomic mass is 9.67. The smallest absolute Gasteiger partial charge is 0.0702 e. The third-order valence-corrected chi connectivity index (χ3v) is 8.15. The summed E-state index contributed by atoms with van der Waals surface area (Å²) >= 11 is 0. The van der Waals surface area contributed by atoms with Gasteiger partial charge in [-0.15, -0.1) is 0 Å². The van der Waals surface area contributed by atoms with Crippen LogP contribution >= 0.6 is 0 Å². The third-order valence-electron chi connectivity index (χ3n) is 8.15. The van der Waals surface area contributed by atoms with Crippen molar-refractivity contribution in [1.29, 1.82) is 0 Å². The van der Waals surface area contributed by atoms with E-state index in [1.54, 1.807) is 0 Å². The van der Waals surface area contributed by atoms with Gasteiger partial charge in [-0.1, -0.05) is 73.9 Å². The van der Waals surface area contributed by atoms with E-state index in [2.05, 4.69) is 94.5 Å². The van der Waals surface area contributed by atoms with Crippen LogP contribution in [0.4, 0.5) is 0 Å². The molecule has 0 atom stereocenters. The normalized spacial score (nSPS) is 15.2. The van der Waals surface area contributed by atoms with Crippen molar-refractivity contribution < 1.29 is 0 Å². The summed E-state index contributed by atoms with van der Waals surface area (Å²) in [7, 11) is 0. The van der Waals surface area contributed by atoms with E-state index in [-0.39, 0.29) is 5.41 Å². The van der Waals surface area contributed by atoms with Crippen LogP contribution in [0, 0.1) is 0 Å². The molecule has 1 fully saturated rings. The Labute approximate surface area is 217 Å². The minimum atomic E-state index is -0.0343. The van der Waals surface area contributed by atoms with Crippen LogP contribution in [0.15, 0.2) is 116 Å². The molecule has 3 heterocycles. The lowest BCUT2D eigenvalue weighted by Gasteiger charge is -2.37. The lowest BCUT2D eigenvalue weighted by molar-refractivity contribution is 0.338. The van der Waals surface area contributed by atoms with Crippen LogP contribution in [-0.2, 0) is 5.41 Å². The van der Waals surface area contributed by atoms with Crippen molar-refractivity contribution in [3.05, 3.63) is 127 Å². The van der Waals surface area contributed by atoms with E-state index in [9.17, 15) is 0 Å². The molecule has 0 bridgehead atoms. The Morgan fingerprint density at radius 2 is 1.38 bits per heavy atom. The fourth-order valence-corrected chi connectivity index (χ4v) is 6.38. The van der Waals surface area contributed by atoms with Crippen LogP contribution in [0.25, 0.3) is 38.8 Å². The summed E-state index contributed by atoms with van der Waals surface area (Å²) in [5.41, 5.74) is 8.29. The van der Waals surface area contributed by atoms with Gasteiger partial charge in [0, 0.05) is 39.8 Å². The van der Waals surface area contributed by atoms with E-state index >= 15 is 0 Å². The number of hydrogen-bond donors (Lipinski definition) is 0. The first-order valence-electron chi connectivity index (χ1n) is 13.3.